The molecule has 0 spiro atoms. The maximum atomic E-state index is 10.4. The standard InChI is InChI=1S/C14H20BrNO/c1-11-5-6-13(12(15)9-11)16-10-14(17)7-3-2-4-8-14/h5-6,9,16-17H,2-4,7-8,10H2,1H3. The fourth-order valence-corrected chi connectivity index (χ4v) is 3.04. The quantitative estimate of drug-likeness (QED) is 0.888. The lowest BCUT2D eigenvalue weighted by Crippen LogP contribution is -2.38. The summed E-state index contributed by atoms with van der Waals surface area (Å²) in [6.45, 7) is 2.72. The molecule has 1 aliphatic carbocycles. The Morgan fingerprint density at radius 3 is 2.65 bits per heavy atom. The van der Waals surface area contributed by atoms with Crippen LogP contribution in [-0.4, -0.2) is 17.3 Å². The maximum Gasteiger partial charge on any atom is 0.0819 e. The van der Waals surface area contributed by atoms with Crippen molar-refractivity contribution < 1.29 is 5.11 Å². The molecule has 0 bridgehead atoms. The number of hydrogen-bond acceptors (Lipinski definition) is 2. The highest BCUT2D eigenvalue weighted by molar-refractivity contribution is 9.10. The molecule has 2 N–H and O–H groups in total. The third-order valence-electron chi connectivity index (χ3n) is 3.52. The molecular formula is C14H20BrNO. The molecule has 1 aliphatic rings. The summed E-state index contributed by atoms with van der Waals surface area (Å²) in [6, 6.07) is 6.23. The van der Waals surface area contributed by atoms with Crippen LogP contribution in [0.1, 0.15) is 37.7 Å². The van der Waals surface area contributed by atoms with Crippen molar-refractivity contribution in [1.82, 2.24) is 0 Å². The topological polar surface area (TPSA) is 32.3 Å². The van der Waals surface area contributed by atoms with Gasteiger partial charge in [-0.1, -0.05) is 25.3 Å². The lowest BCUT2D eigenvalue weighted by atomic mass is 9.85. The number of anilines is 1. The molecule has 1 fully saturated rings. The largest absolute Gasteiger partial charge is 0.388 e. The minimum Gasteiger partial charge on any atom is -0.388 e. The first-order valence-corrected chi connectivity index (χ1v) is 7.11. The van der Waals surface area contributed by atoms with Gasteiger partial charge in [0.1, 0.15) is 0 Å². The number of nitrogens with one attached hydrogen (secondary N) is 1. The fourth-order valence-electron chi connectivity index (χ4n) is 2.41. The van der Waals surface area contributed by atoms with E-state index in [1.807, 2.05) is 0 Å². The second-order valence-corrected chi connectivity index (χ2v) is 5.98. The highest BCUT2D eigenvalue weighted by atomic mass is 79.9. The molecule has 1 saturated carbocycles. The highest BCUT2D eigenvalue weighted by Gasteiger charge is 2.28. The summed E-state index contributed by atoms with van der Waals surface area (Å²) < 4.78 is 1.07. The van der Waals surface area contributed by atoms with Crippen molar-refractivity contribution in [2.45, 2.75) is 44.6 Å². The lowest BCUT2D eigenvalue weighted by Gasteiger charge is -2.32. The molecule has 0 atom stereocenters. The maximum absolute atomic E-state index is 10.4. The summed E-state index contributed by atoms with van der Waals surface area (Å²) in [5.41, 5.74) is 1.79. The Morgan fingerprint density at radius 1 is 1.29 bits per heavy atom. The molecule has 0 aliphatic heterocycles. The number of hydrogen-bond donors (Lipinski definition) is 2. The van der Waals surface area contributed by atoms with Crippen LogP contribution in [0.4, 0.5) is 5.69 Å². The minimum atomic E-state index is -0.511. The molecule has 2 rings (SSSR count). The van der Waals surface area contributed by atoms with E-state index in [1.54, 1.807) is 0 Å². The van der Waals surface area contributed by atoms with Crippen LogP contribution >= 0.6 is 15.9 Å². The van der Waals surface area contributed by atoms with E-state index >= 15 is 0 Å². The summed E-state index contributed by atoms with van der Waals surface area (Å²) in [4.78, 5) is 0. The predicted molar refractivity (Wildman–Crippen MR) is 75.4 cm³/mol. The zero-order chi connectivity index (χ0) is 12.3. The van der Waals surface area contributed by atoms with Gasteiger partial charge in [0.25, 0.3) is 0 Å². The van der Waals surface area contributed by atoms with Crippen molar-refractivity contribution in [2.75, 3.05) is 11.9 Å². The van der Waals surface area contributed by atoms with Gasteiger partial charge in [0, 0.05) is 16.7 Å². The van der Waals surface area contributed by atoms with Gasteiger partial charge < -0.3 is 10.4 Å². The average molecular weight is 298 g/mol. The van der Waals surface area contributed by atoms with Gasteiger partial charge in [0.2, 0.25) is 0 Å². The van der Waals surface area contributed by atoms with E-state index in [9.17, 15) is 5.11 Å². The van der Waals surface area contributed by atoms with Crippen LogP contribution < -0.4 is 5.32 Å². The fraction of sp³-hybridized carbons (Fsp3) is 0.571. The number of aryl methyl sites for hydroxylation is 1. The van der Waals surface area contributed by atoms with E-state index in [2.05, 4.69) is 46.4 Å². The number of halogens is 1. The van der Waals surface area contributed by atoms with Gasteiger partial charge in [-0.15, -0.1) is 0 Å². The Labute approximate surface area is 112 Å². The molecule has 17 heavy (non-hydrogen) atoms. The van der Waals surface area contributed by atoms with Crippen molar-refractivity contribution in [2.24, 2.45) is 0 Å². The van der Waals surface area contributed by atoms with Gasteiger partial charge >= 0.3 is 0 Å². The van der Waals surface area contributed by atoms with E-state index in [1.165, 1.54) is 12.0 Å². The first kappa shape index (κ1) is 12.9. The second-order valence-electron chi connectivity index (χ2n) is 5.12. The van der Waals surface area contributed by atoms with Crippen LogP contribution in [0.5, 0.6) is 0 Å². The molecule has 0 saturated heterocycles. The zero-order valence-electron chi connectivity index (χ0n) is 10.3. The third kappa shape index (κ3) is 3.46. The van der Waals surface area contributed by atoms with Crippen molar-refractivity contribution in [1.29, 1.82) is 0 Å². The molecule has 0 radical (unpaired) electrons. The van der Waals surface area contributed by atoms with Crippen molar-refractivity contribution in [3.8, 4) is 0 Å². The molecule has 0 aromatic heterocycles. The van der Waals surface area contributed by atoms with Gasteiger partial charge in [-0.2, -0.15) is 0 Å². The predicted octanol–water partition coefficient (Wildman–Crippen LogP) is 3.86. The molecule has 2 nitrogen and oxygen atoms in total. The Hall–Kier alpha value is -0.540. The first-order chi connectivity index (χ1) is 8.09. The van der Waals surface area contributed by atoms with Gasteiger partial charge in [-0.3, -0.25) is 0 Å². The van der Waals surface area contributed by atoms with Gasteiger partial charge in [0.05, 0.1) is 5.60 Å². The van der Waals surface area contributed by atoms with Gasteiger partial charge in [-0.25, -0.2) is 0 Å². The van der Waals surface area contributed by atoms with Crippen LogP contribution in [0.3, 0.4) is 0 Å². The monoisotopic (exact) mass is 297 g/mol. The Kier molecular flexibility index (Phi) is 4.10. The van der Waals surface area contributed by atoms with Crippen LogP contribution in [0.25, 0.3) is 0 Å². The molecule has 3 heteroatoms. The van der Waals surface area contributed by atoms with E-state index in [0.717, 1.165) is 35.8 Å². The van der Waals surface area contributed by atoms with E-state index < -0.39 is 5.60 Å². The number of aliphatic hydroxyl groups is 1. The molecule has 0 amide bonds. The molecule has 94 valence electrons. The molecule has 1 aromatic carbocycles. The third-order valence-corrected chi connectivity index (χ3v) is 4.17. The first-order valence-electron chi connectivity index (χ1n) is 6.31. The normalized spacial score (nSPS) is 19.0. The van der Waals surface area contributed by atoms with Crippen LogP contribution in [0.15, 0.2) is 22.7 Å². The van der Waals surface area contributed by atoms with Crippen LogP contribution in [0.2, 0.25) is 0 Å². The Balaban J connectivity index is 1.97. The van der Waals surface area contributed by atoms with Crippen molar-refractivity contribution in [3.05, 3.63) is 28.2 Å². The van der Waals surface area contributed by atoms with Gasteiger partial charge in [-0.05, 0) is 53.4 Å². The summed E-state index contributed by atoms with van der Waals surface area (Å²) in [5, 5.41) is 13.8. The molecular weight excluding hydrogens is 278 g/mol. The Morgan fingerprint density at radius 2 is 2.00 bits per heavy atom. The summed E-state index contributed by atoms with van der Waals surface area (Å²) in [6.07, 6.45) is 5.39. The van der Waals surface area contributed by atoms with E-state index in [0.29, 0.717) is 6.54 Å². The molecule has 1 aromatic rings. The summed E-state index contributed by atoms with van der Waals surface area (Å²) in [5.74, 6) is 0. The van der Waals surface area contributed by atoms with Crippen molar-refractivity contribution in [3.63, 3.8) is 0 Å². The van der Waals surface area contributed by atoms with Crippen molar-refractivity contribution >= 4 is 21.6 Å². The van der Waals surface area contributed by atoms with E-state index in [4.69, 9.17) is 0 Å². The number of benzene rings is 1. The average Bonchev–Trinajstić information content (AvgIpc) is 2.29. The highest BCUT2D eigenvalue weighted by Crippen LogP contribution is 2.30. The summed E-state index contributed by atoms with van der Waals surface area (Å²) in [7, 11) is 0. The zero-order valence-corrected chi connectivity index (χ0v) is 11.9. The smallest absolute Gasteiger partial charge is 0.0819 e. The minimum absolute atomic E-state index is 0.511. The number of rotatable bonds is 3. The summed E-state index contributed by atoms with van der Waals surface area (Å²) >= 11 is 3.55. The van der Waals surface area contributed by atoms with Crippen LogP contribution in [-0.2, 0) is 0 Å². The SMILES string of the molecule is Cc1ccc(NCC2(O)CCCCC2)c(Br)c1. The van der Waals surface area contributed by atoms with Gasteiger partial charge in [0.15, 0.2) is 0 Å². The second kappa shape index (κ2) is 5.40. The lowest BCUT2D eigenvalue weighted by molar-refractivity contribution is 0.0167. The molecule has 0 unspecified atom stereocenters. The van der Waals surface area contributed by atoms with E-state index in [-0.39, 0.29) is 0 Å². The molecule has 0 heterocycles. The van der Waals surface area contributed by atoms with Crippen LogP contribution in [0, 0.1) is 6.92 Å². The Bertz CT molecular complexity index is 386.